The van der Waals surface area contributed by atoms with E-state index in [1.54, 1.807) is 21.3 Å². The largest absolute Gasteiger partial charge is 0.497 e. The average molecular weight is 368 g/mol. The van der Waals surface area contributed by atoms with Gasteiger partial charge in [-0.05, 0) is 48.4 Å². The monoisotopic (exact) mass is 368 g/mol. The van der Waals surface area contributed by atoms with Gasteiger partial charge in [-0.3, -0.25) is 4.79 Å². The molecule has 0 fully saturated rings. The van der Waals surface area contributed by atoms with E-state index in [1.807, 2.05) is 36.4 Å². The third kappa shape index (κ3) is 3.84. The minimum absolute atomic E-state index is 0.0416. The number of benzene rings is 2. The second-order valence-corrected chi connectivity index (χ2v) is 6.19. The summed E-state index contributed by atoms with van der Waals surface area (Å²) < 4.78 is 16.2. The first-order chi connectivity index (χ1) is 13.1. The van der Waals surface area contributed by atoms with Crippen molar-refractivity contribution in [1.82, 2.24) is 10.3 Å². The van der Waals surface area contributed by atoms with Gasteiger partial charge in [0, 0.05) is 35.6 Å². The van der Waals surface area contributed by atoms with E-state index >= 15 is 0 Å². The highest BCUT2D eigenvalue weighted by Crippen LogP contribution is 2.37. The second kappa shape index (κ2) is 8.03. The molecule has 0 aliphatic rings. The molecule has 3 aromatic rings. The number of aromatic amines is 1. The van der Waals surface area contributed by atoms with Gasteiger partial charge < -0.3 is 24.5 Å². The molecule has 6 nitrogen and oxygen atoms in total. The van der Waals surface area contributed by atoms with Crippen LogP contribution < -0.4 is 19.5 Å². The number of carbonyl (C=O) groups is 1. The highest BCUT2D eigenvalue weighted by Gasteiger charge is 2.16. The molecule has 142 valence electrons. The quantitative estimate of drug-likeness (QED) is 0.669. The predicted molar refractivity (Wildman–Crippen MR) is 106 cm³/mol. The zero-order chi connectivity index (χ0) is 19.4. The molecule has 1 heterocycles. The van der Waals surface area contributed by atoms with E-state index in [2.05, 4.69) is 10.3 Å². The zero-order valence-corrected chi connectivity index (χ0v) is 16.0. The number of H-pyrrole nitrogens is 1. The Morgan fingerprint density at radius 3 is 2.44 bits per heavy atom. The maximum absolute atomic E-state index is 11.3. The van der Waals surface area contributed by atoms with Crippen molar-refractivity contribution in [2.75, 3.05) is 27.9 Å². The predicted octanol–water partition coefficient (Wildman–Crippen LogP) is 3.54. The molecular formula is C21H24N2O4. The summed E-state index contributed by atoms with van der Waals surface area (Å²) in [5.74, 6) is 2.10. The molecule has 0 spiro atoms. The number of hydrogen-bond acceptors (Lipinski definition) is 4. The zero-order valence-electron chi connectivity index (χ0n) is 16.0. The Hall–Kier alpha value is -3.15. The van der Waals surface area contributed by atoms with Crippen LogP contribution in [-0.4, -0.2) is 38.8 Å². The first-order valence-electron chi connectivity index (χ1n) is 8.72. The van der Waals surface area contributed by atoms with Gasteiger partial charge in [-0.15, -0.1) is 0 Å². The van der Waals surface area contributed by atoms with Crippen LogP contribution in [0.25, 0.3) is 22.2 Å². The Bertz CT molecular complexity index is 962. The maximum Gasteiger partial charge on any atom is 0.216 e. The Kier molecular flexibility index (Phi) is 5.54. The second-order valence-electron chi connectivity index (χ2n) is 6.19. The topological polar surface area (TPSA) is 72.6 Å². The van der Waals surface area contributed by atoms with Crippen molar-refractivity contribution >= 4 is 16.8 Å². The molecule has 0 bridgehead atoms. The Morgan fingerprint density at radius 1 is 1.00 bits per heavy atom. The molecule has 0 aliphatic heterocycles. The number of nitrogens with one attached hydrogen (secondary N) is 2. The molecule has 1 amide bonds. The van der Waals surface area contributed by atoms with E-state index in [-0.39, 0.29) is 5.91 Å². The summed E-state index contributed by atoms with van der Waals surface area (Å²) in [4.78, 5) is 14.8. The standard InChI is InChI=1S/C21H24N2O4/c1-13(24)22-10-9-16-17-12-15(25-2)6-7-18(17)23-21(16)14-5-8-19(26-3)20(11-14)27-4/h5-8,11-12,23H,9-10H2,1-4H3,(H,22,24). The van der Waals surface area contributed by atoms with Crippen molar-refractivity contribution in [2.45, 2.75) is 13.3 Å². The highest BCUT2D eigenvalue weighted by atomic mass is 16.5. The van der Waals surface area contributed by atoms with Crippen molar-refractivity contribution in [3.05, 3.63) is 42.0 Å². The van der Waals surface area contributed by atoms with Crippen LogP contribution in [0.15, 0.2) is 36.4 Å². The van der Waals surface area contributed by atoms with Crippen LogP contribution in [0.4, 0.5) is 0 Å². The summed E-state index contributed by atoms with van der Waals surface area (Å²) in [6.45, 7) is 2.08. The summed E-state index contributed by atoms with van der Waals surface area (Å²) in [5.41, 5.74) is 4.11. The number of methoxy groups -OCH3 is 3. The van der Waals surface area contributed by atoms with E-state index in [4.69, 9.17) is 14.2 Å². The summed E-state index contributed by atoms with van der Waals surface area (Å²) in [6.07, 6.45) is 0.691. The number of hydrogen-bond donors (Lipinski definition) is 2. The normalized spacial score (nSPS) is 10.7. The number of ether oxygens (including phenoxy) is 3. The Morgan fingerprint density at radius 2 is 1.78 bits per heavy atom. The van der Waals surface area contributed by atoms with Gasteiger partial charge in [0.15, 0.2) is 11.5 Å². The van der Waals surface area contributed by atoms with Gasteiger partial charge in [-0.25, -0.2) is 0 Å². The number of aromatic nitrogens is 1. The fourth-order valence-corrected chi connectivity index (χ4v) is 3.22. The number of fused-ring (bicyclic) bond motifs is 1. The minimum Gasteiger partial charge on any atom is -0.497 e. The van der Waals surface area contributed by atoms with Gasteiger partial charge in [0.25, 0.3) is 0 Å². The van der Waals surface area contributed by atoms with Crippen LogP contribution in [0, 0.1) is 0 Å². The van der Waals surface area contributed by atoms with E-state index in [0.29, 0.717) is 24.5 Å². The van der Waals surface area contributed by atoms with E-state index < -0.39 is 0 Å². The van der Waals surface area contributed by atoms with E-state index in [0.717, 1.165) is 33.5 Å². The van der Waals surface area contributed by atoms with E-state index in [1.165, 1.54) is 6.92 Å². The molecule has 6 heteroatoms. The smallest absolute Gasteiger partial charge is 0.216 e. The third-order valence-electron chi connectivity index (χ3n) is 4.53. The highest BCUT2D eigenvalue weighted by molar-refractivity contribution is 5.92. The lowest BCUT2D eigenvalue weighted by atomic mass is 10.0. The molecule has 3 rings (SSSR count). The molecule has 2 aromatic carbocycles. The van der Waals surface area contributed by atoms with Crippen LogP contribution in [0.2, 0.25) is 0 Å². The lowest BCUT2D eigenvalue weighted by Gasteiger charge is -2.11. The lowest BCUT2D eigenvalue weighted by Crippen LogP contribution is -2.22. The van der Waals surface area contributed by atoms with Crippen molar-refractivity contribution in [3.8, 4) is 28.5 Å². The van der Waals surface area contributed by atoms with Gasteiger partial charge in [-0.1, -0.05) is 0 Å². The van der Waals surface area contributed by atoms with Gasteiger partial charge >= 0.3 is 0 Å². The van der Waals surface area contributed by atoms with Crippen LogP contribution in [-0.2, 0) is 11.2 Å². The van der Waals surface area contributed by atoms with Crippen LogP contribution in [0.5, 0.6) is 17.2 Å². The SMILES string of the molecule is COc1ccc2[nH]c(-c3ccc(OC)c(OC)c3)c(CCNC(C)=O)c2c1. The number of carbonyl (C=O) groups excluding carboxylic acids is 1. The number of rotatable bonds is 7. The first kappa shape index (κ1) is 18.6. The van der Waals surface area contributed by atoms with Gasteiger partial charge in [0.2, 0.25) is 5.91 Å². The fourth-order valence-electron chi connectivity index (χ4n) is 3.22. The van der Waals surface area contributed by atoms with Crippen LogP contribution >= 0.6 is 0 Å². The van der Waals surface area contributed by atoms with Crippen molar-refractivity contribution < 1.29 is 19.0 Å². The summed E-state index contributed by atoms with van der Waals surface area (Å²) >= 11 is 0. The van der Waals surface area contributed by atoms with Gasteiger partial charge in [0.05, 0.1) is 21.3 Å². The molecule has 0 aliphatic carbocycles. The minimum atomic E-state index is -0.0416. The number of amides is 1. The molecule has 0 radical (unpaired) electrons. The lowest BCUT2D eigenvalue weighted by molar-refractivity contribution is -0.118. The van der Waals surface area contributed by atoms with Gasteiger partial charge in [0.1, 0.15) is 5.75 Å². The first-order valence-corrected chi connectivity index (χ1v) is 8.72. The summed E-state index contributed by atoms with van der Waals surface area (Å²) in [7, 11) is 4.89. The summed E-state index contributed by atoms with van der Waals surface area (Å²) in [6, 6.07) is 11.8. The molecule has 2 N–H and O–H groups in total. The maximum atomic E-state index is 11.3. The summed E-state index contributed by atoms with van der Waals surface area (Å²) in [5, 5.41) is 3.94. The molecule has 27 heavy (non-hydrogen) atoms. The molecule has 0 unspecified atom stereocenters. The van der Waals surface area contributed by atoms with E-state index in [9.17, 15) is 4.79 Å². The van der Waals surface area contributed by atoms with Crippen molar-refractivity contribution in [1.29, 1.82) is 0 Å². The van der Waals surface area contributed by atoms with Crippen molar-refractivity contribution in [2.24, 2.45) is 0 Å². The van der Waals surface area contributed by atoms with Crippen molar-refractivity contribution in [3.63, 3.8) is 0 Å². The Balaban J connectivity index is 2.11. The average Bonchev–Trinajstić information content (AvgIpc) is 3.04. The van der Waals surface area contributed by atoms with Gasteiger partial charge in [-0.2, -0.15) is 0 Å². The molecule has 0 saturated heterocycles. The fraction of sp³-hybridized carbons (Fsp3) is 0.286. The molecule has 0 saturated carbocycles. The Labute approximate surface area is 158 Å². The third-order valence-corrected chi connectivity index (χ3v) is 4.53. The molecular weight excluding hydrogens is 344 g/mol. The van der Waals surface area contributed by atoms with Crippen LogP contribution in [0.3, 0.4) is 0 Å². The molecule has 0 atom stereocenters. The molecule has 1 aromatic heterocycles. The van der Waals surface area contributed by atoms with Crippen LogP contribution in [0.1, 0.15) is 12.5 Å².